The summed E-state index contributed by atoms with van der Waals surface area (Å²) in [6.45, 7) is 4.62. The van der Waals surface area contributed by atoms with E-state index in [9.17, 15) is 4.39 Å². The monoisotopic (exact) mass is 242 g/mol. The molecule has 1 saturated heterocycles. The summed E-state index contributed by atoms with van der Waals surface area (Å²) >= 11 is 5.91. The number of nitrogens with two attached hydrogens (primary N) is 1. The molecule has 1 heterocycles. The average Bonchev–Trinajstić information content (AvgIpc) is 2.54. The predicted octanol–water partition coefficient (Wildman–Crippen LogP) is 2.26. The Morgan fingerprint density at radius 1 is 1.50 bits per heavy atom. The standard InChI is InChI=1S/C12H16ClFN2/c1-8-5-16(7-11(8)15)6-9-3-2-4-10(14)12(9)13/h2-4,8,11H,5-7,15H2,1H3. The van der Waals surface area contributed by atoms with Gasteiger partial charge >= 0.3 is 0 Å². The van der Waals surface area contributed by atoms with Crippen LogP contribution in [0.1, 0.15) is 12.5 Å². The van der Waals surface area contributed by atoms with Crippen LogP contribution in [-0.4, -0.2) is 24.0 Å². The summed E-state index contributed by atoms with van der Waals surface area (Å²) in [4.78, 5) is 2.22. The third kappa shape index (κ3) is 2.37. The Bertz CT molecular complexity index is 373. The second kappa shape index (κ2) is 4.70. The minimum absolute atomic E-state index is 0.215. The van der Waals surface area contributed by atoms with Crippen molar-refractivity contribution in [3.63, 3.8) is 0 Å². The minimum atomic E-state index is -0.351. The van der Waals surface area contributed by atoms with E-state index in [4.69, 9.17) is 17.3 Å². The van der Waals surface area contributed by atoms with Crippen molar-refractivity contribution >= 4 is 11.6 Å². The molecule has 2 atom stereocenters. The van der Waals surface area contributed by atoms with Gasteiger partial charge in [0.1, 0.15) is 5.82 Å². The molecule has 0 aliphatic carbocycles. The Morgan fingerprint density at radius 3 is 2.88 bits per heavy atom. The van der Waals surface area contributed by atoms with Gasteiger partial charge in [0.05, 0.1) is 5.02 Å². The van der Waals surface area contributed by atoms with Crippen molar-refractivity contribution in [2.75, 3.05) is 13.1 Å². The quantitative estimate of drug-likeness (QED) is 0.862. The van der Waals surface area contributed by atoms with E-state index in [1.54, 1.807) is 6.07 Å². The SMILES string of the molecule is CC1CN(Cc2cccc(F)c2Cl)CC1N. The Balaban J connectivity index is 2.08. The van der Waals surface area contributed by atoms with Gasteiger partial charge in [-0.2, -0.15) is 0 Å². The summed E-state index contributed by atoms with van der Waals surface area (Å²) in [5.74, 6) is 0.142. The first kappa shape index (κ1) is 11.8. The van der Waals surface area contributed by atoms with Gasteiger partial charge in [0.2, 0.25) is 0 Å². The van der Waals surface area contributed by atoms with Crippen LogP contribution in [0.5, 0.6) is 0 Å². The van der Waals surface area contributed by atoms with E-state index < -0.39 is 0 Å². The maximum absolute atomic E-state index is 13.2. The van der Waals surface area contributed by atoms with Crippen molar-refractivity contribution < 1.29 is 4.39 Å². The van der Waals surface area contributed by atoms with E-state index in [0.29, 0.717) is 12.5 Å². The van der Waals surface area contributed by atoms with Crippen molar-refractivity contribution in [1.29, 1.82) is 0 Å². The lowest BCUT2D eigenvalue weighted by Gasteiger charge is -2.16. The molecule has 16 heavy (non-hydrogen) atoms. The van der Waals surface area contributed by atoms with Crippen molar-refractivity contribution in [2.45, 2.75) is 19.5 Å². The van der Waals surface area contributed by atoms with Crippen molar-refractivity contribution in [2.24, 2.45) is 11.7 Å². The normalized spacial score (nSPS) is 26.2. The maximum Gasteiger partial charge on any atom is 0.142 e. The average molecular weight is 243 g/mol. The molecule has 2 unspecified atom stereocenters. The molecule has 1 aromatic carbocycles. The summed E-state index contributed by atoms with van der Waals surface area (Å²) in [6, 6.07) is 5.15. The van der Waals surface area contributed by atoms with Crippen LogP contribution < -0.4 is 5.73 Å². The molecule has 1 aliphatic rings. The molecule has 2 nitrogen and oxygen atoms in total. The van der Waals surface area contributed by atoms with E-state index in [1.165, 1.54) is 6.07 Å². The van der Waals surface area contributed by atoms with Crippen molar-refractivity contribution in [3.8, 4) is 0 Å². The topological polar surface area (TPSA) is 29.3 Å². The number of hydrogen-bond acceptors (Lipinski definition) is 2. The summed E-state index contributed by atoms with van der Waals surface area (Å²) in [5, 5.41) is 0.232. The fourth-order valence-electron chi connectivity index (χ4n) is 2.14. The van der Waals surface area contributed by atoms with E-state index in [0.717, 1.165) is 18.7 Å². The lowest BCUT2D eigenvalue weighted by atomic mass is 10.1. The molecule has 2 rings (SSSR count). The van der Waals surface area contributed by atoms with Crippen LogP contribution in [0.15, 0.2) is 18.2 Å². The molecule has 2 N–H and O–H groups in total. The highest BCUT2D eigenvalue weighted by atomic mass is 35.5. The van der Waals surface area contributed by atoms with Gasteiger partial charge in [0.15, 0.2) is 0 Å². The first-order valence-electron chi connectivity index (χ1n) is 5.48. The second-order valence-electron chi connectivity index (χ2n) is 4.55. The summed E-state index contributed by atoms with van der Waals surface area (Å²) in [5.41, 5.74) is 6.78. The Kier molecular flexibility index (Phi) is 3.47. The Morgan fingerprint density at radius 2 is 2.25 bits per heavy atom. The molecule has 0 amide bonds. The van der Waals surface area contributed by atoms with E-state index in [-0.39, 0.29) is 16.9 Å². The number of likely N-dealkylation sites (tertiary alicyclic amines) is 1. The van der Waals surface area contributed by atoms with Crippen LogP contribution in [0.3, 0.4) is 0 Å². The number of nitrogens with zero attached hydrogens (tertiary/aromatic N) is 1. The molecule has 1 fully saturated rings. The fraction of sp³-hybridized carbons (Fsp3) is 0.500. The van der Waals surface area contributed by atoms with Gasteiger partial charge in [-0.3, -0.25) is 4.90 Å². The lowest BCUT2D eigenvalue weighted by Crippen LogP contribution is -2.28. The molecule has 4 heteroatoms. The maximum atomic E-state index is 13.2. The highest BCUT2D eigenvalue weighted by Crippen LogP contribution is 2.23. The van der Waals surface area contributed by atoms with Crippen LogP contribution in [0.2, 0.25) is 5.02 Å². The van der Waals surface area contributed by atoms with Crippen LogP contribution in [0.4, 0.5) is 4.39 Å². The van der Waals surface area contributed by atoms with Gasteiger partial charge in [-0.1, -0.05) is 30.7 Å². The summed E-state index contributed by atoms with van der Waals surface area (Å²) in [6.07, 6.45) is 0. The number of benzene rings is 1. The molecular weight excluding hydrogens is 227 g/mol. The number of hydrogen-bond donors (Lipinski definition) is 1. The molecule has 0 radical (unpaired) electrons. The van der Waals surface area contributed by atoms with Gasteiger partial charge in [-0.15, -0.1) is 0 Å². The lowest BCUT2D eigenvalue weighted by molar-refractivity contribution is 0.318. The summed E-state index contributed by atoms with van der Waals surface area (Å²) in [7, 11) is 0. The zero-order valence-corrected chi connectivity index (χ0v) is 10.0. The largest absolute Gasteiger partial charge is 0.326 e. The molecule has 0 spiro atoms. The third-order valence-corrected chi connectivity index (χ3v) is 3.59. The fourth-order valence-corrected chi connectivity index (χ4v) is 2.32. The molecule has 1 aliphatic heterocycles. The number of halogens is 2. The first-order chi connectivity index (χ1) is 7.58. The first-order valence-corrected chi connectivity index (χ1v) is 5.86. The molecule has 1 aromatic rings. The molecular formula is C12H16ClFN2. The predicted molar refractivity (Wildman–Crippen MR) is 63.8 cm³/mol. The van der Waals surface area contributed by atoms with Gasteiger partial charge in [-0.25, -0.2) is 4.39 Å². The van der Waals surface area contributed by atoms with Gasteiger partial charge < -0.3 is 5.73 Å². The smallest absolute Gasteiger partial charge is 0.142 e. The van der Waals surface area contributed by atoms with Gasteiger partial charge in [-0.05, 0) is 17.5 Å². The molecule has 0 saturated carbocycles. The van der Waals surface area contributed by atoms with E-state index >= 15 is 0 Å². The van der Waals surface area contributed by atoms with Gasteiger partial charge in [0, 0.05) is 25.7 Å². The third-order valence-electron chi connectivity index (χ3n) is 3.17. The highest BCUT2D eigenvalue weighted by Gasteiger charge is 2.26. The van der Waals surface area contributed by atoms with Crippen molar-refractivity contribution in [3.05, 3.63) is 34.6 Å². The number of rotatable bonds is 2. The molecule has 0 aromatic heterocycles. The second-order valence-corrected chi connectivity index (χ2v) is 4.93. The minimum Gasteiger partial charge on any atom is -0.326 e. The van der Waals surface area contributed by atoms with Crippen LogP contribution in [-0.2, 0) is 6.54 Å². The van der Waals surface area contributed by atoms with Crippen LogP contribution in [0.25, 0.3) is 0 Å². The Labute approximate surface area is 100 Å². The van der Waals surface area contributed by atoms with E-state index in [1.807, 2.05) is 6.07 Å². The zero-order chi connectivity index (χ0) is 11.7. The van der Waals surface area contributed by atoms with E-state index in [2.05, 4.69) is 11.8 Å². The van der Waals surface area contributed by atoms with Crippen LogP contribution >= 0.6 is 11.6 Å². The summed E-state index contributed by atoms with van der Waals surface area (Å²) < 4.78 is 13.2. The Hall–Kier alpha value is -0.640. The van der Waals surface area contributed by atoms with Gasteiger partial charge in [0.25, 0.3) is 0 Å². The van der Waals surface area contributed by atoms with Crippen molar-refractivity contribution in [1.82, 2.24) is 4.90 Å². The zero-order valence-electron chi connectivity index (χ0n) is 9.29. The molecule has 88 valence electrons. The van der Waals surface area contributed by atoms with Crippen LogP contribution in [0, 0.1) is 11.7 Å². The molecule has 0 bridgehead atoms. The highest BCUT2D eigenvalue weighted by molar-refractivity contribution is 6.31.